The minimum Gasteiger partial charge on any atom is -0.479 e. The molecular weight excluding hydrogens is 678 g/mol. The van der Waals surface area contributed by atoms with Crippen LogP contribution in [0.1, 0.15) is 58.6 Å². The average Bonchev–Trinajstić information content (AvgIpc) is 3.48. The molecule has 3 heterocycles. The van der Waals surface area contributed by atoms with Gasteiger partial charge in [-0.15, -0.1) is 0 Å². The van der Waals surface area contributed by atoms with Crippen LogP contribution in [0, 0.1) is 13.8 Å². The first-order valence-corrected chi connectivity index (χ1v) is 18.6. The zero-order valence-electron chi connectivity index (χ0n) is 27.2. The van der Waals surface area contributed by atoms with E-state index < -0.39 is 0 Å². The van der Waals surface area contributed by atoms with Gasteiger partial charge in [0.25, 0.3) is 0 Å². The summed E-state index contributed by atoms with van der Waals surface area (Å²) in [4.78, 5) is 11.8. The number of fused-ring (bicyclic) bond motifs is 1. The van der Waals surface area contributed by atoms with Crippen LogP contribution < -0.4 is 10.5 Å². The van der Waals surface area contributed by atoms with Crippen LogP contribution in [0.4, 0.5) is 0 Å². The summed E-state index contributed by atoms with van der Waals surface area (Å²) in [7, 11) is 3.88. The van der Waals surface area contributed by atoms with Gasteiger partial charge in [0.2, 0.25) is 5.88 Å². The maximum absolute atomic E-state index is 9.58. The van der Waals surface area contributed by atoms with Gasteiger partial charge in [-0.25, -0.2) is 9.13 Å². The number of rotatable bonds is 14. The van der Waals surface area contributed by atoms with Gasteiger partial charge in [-0.05, 0) is 82.8 Å². The summed E-state index contributed by atoms with van der Waals surface area (Å²) < 4.78 is 15.8. The first-order valence-electron chi connectivity index (χ1n) is 14.5. The molecule has 43 heavy (non-hydrogen) atoms. The molecule has 3 rings (SSSR count). The summed E-state index contributed by atoms with van der Waals surface area (Å²) in [5.41, 5.74) is 12.9. The lowest BCUT2D eigenvalue weighted by atomic mass is 10.1. The highest BCUT2D eigenvalue weighted by Crippen LogP contribution is 2.38. The molecule has 3 aromatic rings. The molecule has 0 bridgehead atoms. The lowest BCUT2D eigenvalue weighted by molar-refractivity contribution is 0.159. The molecule has 0 aliphatic rings. The van der Waals surface area contributed by atoms with Gasteiger partial charge < -0.3 is 20.3 Å². The van der Waals surface area contributed by atoms with Crippen molar-refractivity contribution in [1.82, 2.24) is 29.2 Å². The minimum atomic E-state index is -0.254. The van der Waals surface area contributed by atoms with E-state index >= 15 is 0 Å². The van der Waals surface area contributed by atoms with Gasteiger partial charge in [-0.2, -0.15) is 10.2 Å². The predicted octanol–water partition coefficient (Wildman–Crippen LogP) is 5.66. The second-order valence-corrected chi connectivity index (χ2v) is 12.2. The zero-order chi connectivity index (χ0) is 32.4. The van der Waals surface area contributed by atoms with Gasteiger partial charge in [-0.3, -0.25) is 14.9 Å². The number of nitrogens with zero attached hydrogens (tertiary/aromatic N) is 7. The van der Waals surface area contributed by atoms with Crippen molar-refractivity contribution in [2.24, 2.45) is 17.8 Å². The zero-order valence-corrected chi connectivity index (χ0v) is 30.4. The lowest BCUT2D eigenvalue weighted by Crippen LogP contribution is -2.36. The fourth-order valence-electron chi connectivity index (χ4n) is 4.70. The molecule has 0 saturated carbocycles. The maximum Gasteiger partial charge on any atom is 0.221 e. The fraction of sp³-hybridized carbons (Fsp3) is 0.533. The van der Waals surface area contributed by atoms with E-state index in [1.807, 2.05) is 73.9 Å². The van der Waals surface area contributed by atoms with Gasteiger partial charge in [0.15, 0.2) is 5.88 Å². The number of aliphatic hydroxyl groups is 1. The Morgan fingerprint density at radius 2 is 1.95 bits per heavy atom. The van der Waals surface area contributed by atoms with Crippen LogP contribution in [0.15, 0.2) is 29.1 Å². The minimum absolute atomic E-state index is 0.0516. The Morgan fingerprint density at radius 3 is 2.53 bits per heavy atom. The molecule has 0 radical (unpaired) electrons. The Balaban J connectivity index is 0.00000316. The Labute approximate surface area is 270 Å². The van der Waals surface area contributed by atoms with Crippen molar-refractivity contribution in [3.05, 3.63) is 41.2 Å². The third-order valence-electron chi connectivity index (χ3n) is 6.61. The largest absolute Gasteiger partial charge is 0.479 e. The van der Waals surface area contributed by atoms with Crippen molar-refractivity contribution in [1.29, 1.82) is 0 Å². The first-order chi connectivity index (χ1) is 20.4. The maximum atomic E-state index is 9.58. The highest BCUT2D eigenvalue weighted by molar-refractivity contribution is 14.2. The normalized spacial score (nSPS) is 14.1. The molecule has 0 saturated heterocycles. The summed E-state index contributed by atoms with van der Waals surface area (Å²) in [6.07, 6.45) is 2.05. The van der Waals surface area contributed by atoms with Gasteiger partial charge in [0.05, 0.1) is 65.2 Å². The van der Waals surface area contributed by atoms with Crippen molar-refractivity contribution in [2.75, 3.05) is 33.4 Å². The van der Waals surface area contributed by atoms with E-state index in [2.05, 4.69) is 49.7 Å². The number of likely N-dealkylation sites (N-methyl/N-ethyl adjacent to an activating group) is 1. The Hall–Kier alpha value is -2.54. The number of aliphatic hydroxyl groups excluding tert-OH is 1. The summed E-state index contributed by atoms with van der Waals surface area (Å²) in [5, 5.41) is 19.9. The van der Waals surface area contributed by atoms with Gasteiger partial charge in [0.1, 0.15) is 6.10 Å². The van der Waals surface area contributed by atoms with Crippen LogP contribution >= 0.6 is 28.4 Å². The van der Waals surface area contributed by atoms with Crippen LogP contribution in [0.2, 0.25) is 0 Å². The summed E-state index contributed by atoms with van der Waals surface area (Å²) in [5.74, 6) is 0.991. The molecule has 13 heteroatoms. The highest BCUT2D eigenvalue weighted by Gasteiger charge is 2.23. The topological polar surface area (TPSA) is 129 Å². The van der Waals surface area contributed by atoms with Gasteiger partial charge in [0, 0.05) is 31.1 Å². The van der Waals surface area contributed by atoms with E-state index in [9.17, 15) is 5.11 Å². The lowest BCUT2D eigenvalue weighted by Gasteiger charge is -2.24. The smallest absolute Gasteiger partial charge is 0.221 e. The molecule has 3 aromatic heterocycles. The second-order valence-electron chi connectivity index (χ2n) is 10.1. The molecule has 11 nitrogen and oxygen atoms in total. The van der Waals surface area contributed by atoms with E-state index in [-0.39, 0.29) is 18.8 Å². The van der Waals surface area contributed by atoms with Crippen molar-refractivity contribution in [2.45, 2.75) is 67.5 Å². The molecule has 3 atom stereocenters. The number of aryl methyl sites for hydroxylation is 3. The molecule has 0 spiro atoms. The molecular formula is C30H48IN8O3P. The quantitative estimate of drug-likeness (QED) is 0.0944. The second kappa shape index (κ2) is 17.1. The monoisotopic (exact) mass is 726 g/mol. The molecule has 3 unspecified atom stereocenters. The molecule has 0 fully saturated rings. The SMILES string of the molecule is C=Cc1nn(PI)c2c(C)nc(-c3c(C)nn(C)c3OC(C)CN(C)CC(=NC(C)CO)/C(C)=C(\N)OCC)cc12.CC. The number of hydrogen-bond donors (Lipinski definition) is 2. The molecule has 0 aliphatic carbocycles. The van der Waals surface area contributed by atoms with E-state index in [1.165, 1.54) is 0 Å². The number of halogens is 1. The summed E-state index contributed by atoms with van der Waals surface area (Å²) in [6.45, 7) is 21.1. The average molecular weight is 727 g/mol. The van der Waals surface area contributed by atoms with Crippen LogP contribution in [-0.4, -0.2) is 85.5 Å². The third-order valence-corrected chi connectivity index (χ3v) is 8.46. The van der Waals surface area contributed by atoms with Crippen LogP contribution in [0.3, 0.4) is 0 Å². The van der Waals surface area contributed by atoms with E-state index in [0.29, 0.717) is 37.8 Å². The molecule has 3 N–H and O–H groups in total. The Bertz CT molecular complexity index is 1450. The fourth-order valence-corrected chi connectivity index (χ4v) is 6.26. The summed E-state index contributed by atoms with van der Waals surface area (Å²) in [6, 6.07) is 1.80. The molecule has 0 aliphatic heterocycles. The molecule has 238 valence electrons. The number of aliphatic imine (C=N–C) groups is 1. The van der Waals surface area contributed by atoms with Crippen molar-refractivity contribution >= 4 is 51.1 Å². The standard InChI is InChI=1S/C28H42IN8O3P.C2H6/c1-10-22-21-12-23(32-20(7)26(21)37(34-22)41-29)25-19(6)33-36(9)28(25)40-17(4)13-35(8)14-24(31-16(3)15-38)18(5)27(30)39-11-2;1-2/h10,12,16-17,38,41H,1,11,13-15,30H2,2-9H3;1-2H3/b27-18+,31-24?;. The van der Waals surface area contributed by atoms with Crippen LogP contribution in [0.25, 0.3) is 28.2 Å². The highest BCUT2D eigenvalue weighted by atomic mass is 127. The number of pyridine rings is 1. The Morgan fingerprint density at radius 1 is 1.28 bits per heavy atom. The number of aromatic nitrogens is 5. The number of hydrogen-bond acceptors (Lipinski definition) is 9. The van der Waals surface area contributed by atoms with Crippen LogP contribution in [0.5, 0.6) is 5.88 Å². The number of ether oxygens (including phenoxy) is 2. The van der Waals surface area contributed by atoms with Crippen LogP contribution in [-0.2, 0) is 11.8 Å². The van der Waals surface area contributed by atoms with Gasteiger partial charge >= 0.3 is 0 Å². The van der Waals surface area contributed by atoms with Gasteiger partial charge in [-0.1, -0.05) is 20.4 Å². The number of nitrogens with two attached hydrogens (primary N) is 1. The Kier molecular flexibility index (Phi) is 14.6. The predicted molar refractivity (Wildman–Crippen MR) is 188 cm³/mol. The third kappa shape index (κ3) is 8.99. The van der Waals surface area contributed by atoms with Crippen molar-refractivity contribution < 1.29 is 14.6 Å². The molecule has 0 aromatic carbocycles. The molecule has 0 amide bonds. The van der Waals surface area contributed by atoms with Crippen molar-refractivity contribution in [3.8, 4) is 17.1 Å². The van der Waals surface area contributed by atoms with Crippen molar-refractivity contribution in [3.63, 3.8) is 0 Å². The summed E-state index contributed by atoms with van der Waals surface area (Å²) >= 11 is 2.32. The van der Waals surface area contributed by atoms with E-state index in [1.54, 1.807) is 10.8 Å². The first kappa shape index (κ1) is 36.7. The van der Waals surface area contributed by atoms with E-state index in [0.717, 1.165) is 50.5 Å². The van der Waals surface area contributed by atoms with E-state index in [4.69, 9.17) is 25.3 Å².